The Hall–Kier alpha value is -4.48. The fraction of sp³-hybridized carbons (Fsp3) is 0.417. The van der Waals surface area contributed by atoms with E-state index in [2.05, 4.69) is 42.2 Å². The highest BCUT2D eigenvalue weighted by Crippen LogP contribution is 2.41. The van der Waals surface area contributed by atoms with E-state index >= 15 is 0 Å². The number of nitrogens with zero attached hydrogens (tertiary/aromatic N) is 7. The van der Waals surface area contributed by atoms with E-state index in [1.807, 2.05) is 0 Å². The minimum absolute atomic E-state index is 0.00132. The summed E-state index contributed by atoms with van der Waals surface area (Å²) >= 11 is 3.44. The van der Waals surface area contributed by atoms with E-state index in [1.54, 1.807) is 20.8 Å². The number of aromatic nitrogens is 5. The first-order valence-corrected chi connectivity index (χ1v) is 15.5. The number of tetrazole rings is 1. The van der Waals surface area contributed by atoms with Crippen molar-refractivity contribution in [2.75, 3.05) is 23.4 Å². The van der Waals surface area contributed by atoms with Gasteiger partial charge in [0, 0.05) is 16.9 Å². The molecular formula is C24H25N9O8S3. The van der Waals surface area contributed by atoms with Gasteiger partial charge in [-0.1, -0.05) is 22.8 Å². The molecule has 1 saturated heterocycles. The highest BCUT2D eigenvalue weighted by atomic mass is 32.2. The zero-order valence-electron chi connectivity index (χ0n) is 23.4. The molecule has 0 spiro atoms. The number of carboxylic acid groups (broad SMARTS) is 1. The number of carboxylic acids is 1. The van der Waals surface area contributed by atoms with Crippen LogP contribution in [0.3, 0.4) is 0 Å². The van der Waals surface area contributed by atoms with E-state index in [0.29, 0.717) is 17.1 Å². The lowest BCUT2D eigenvalue weighted by Gasteiger charge is -2.49. The van der Waals surface area contributed by atoms with Crippen molar-refractivity contribution in [1.29, 1.82) is 0 Å². The minimum atomic E-state index is -1.30. The summed E-state index contributed by atoms with van der Waals surface area (Å²) in [6.45, 7) is 4.53. The molecule has 232 valence electrons. The van der Waals surface area contributed by atoms with Gasteiger partial charge in [0.15, 0.2) is 10.8 Å². The molecule has 2 aromatic rings. The molecule has 20 heteroatoms. The molecule has 4 heterocycles. The molecule has 2 aromatic heterocycles. The maximum absolute atomic E-state index is 13.3. The summed E-state index contributed by atoms with van der Waals surface area (Å²) in [7, 11) is 0. The largest absolute Gasteiger partial charge is 0.477 e. The van der Waals surface area contributed by atoms with E-state index < -0.39 is 47.4 Å². The number of hydrogen-bond donors (Lipinski definition) is 3. The van der Waals surface area contributed by atoms with E-state index in [0.717, 1.165) is 16.2 Å². The molecule has 2 aliphatic heterocycles. The summed E-state index contributed by atoms with van der Waals surface area (Å²) in [5.74, 6) is -0.711. The van der Waals surface area contributed by atoms with E-state index in [-0.39, 0.29) is 40.3 Å². The number of thiazole rings is 1. The molecule has 2 atom stereocenters. The molecule has 4 rings (SSSR count). The van der Waals surface area contributed by atoms with Crippen molar-refractivity contribution in [3.63, 3.8) is 0 Å². The number of rotatable bonds is 13. The van der Waals surface area contributed by atoms with Gasteiger partial charge in [0.25, 0.3) is 11.8 Å². The Labute approximate surface area is 262 Å². The molecule has 17 nitrogen and oxygen atoms in total. The summed E-state index contributed by atoms with van der Waals surface area (Å²) in [6, 6.07) is -1.10. The Morgan fingerprint density at radius 1 is 1.36 bits per heavy atom. The van der Waals surface area contributed by atoms with Crippen LogP contribution in [0.2, 0.25) is 0 Å². The first kappa shape index (κ1) is 32.4. The van der Waals surface area contributed by atoms with Gasteiger partial charge in [-0.25, -0.2) is 19.3 Å². The van der Waals surface area contributed by atoms with Gasteiger partial charge >= 0.3 is 11.9 Å². The lowest BCUT2D eigenvalue weighted by atomic mass is 10.0. The van der Waals surface area contributed by atoms with Crippen LogP contribution in [0.25, 0.3) is 0 Å². The number of esters is 1. The molecule has 44 heavy (non-hydrogen) atoms. The quantitative estimate of drug-likeness (QED) is 0.0486. The number of carbonyl (C=O) groups excluding carboxylic acids is 4. The molecular weight excluding hydrogens is 639 g/mol. The van der Waals surface area contributed by atoms with Crippen molar-refractivity contribution in [1.82, 2.24) is 35.4 Å². The number of oxime groups is 1. The van der Waals surface area contributed by atoms with Gasteiger partial charge < -0.3 is 25.3 Å². The zero-order valence-corrected chi connectivity index (χ0v) is 25.8. The van der Waals surface area contributed by atoms with Crippen molar-refractivity contribution >= 4 is 75.9 Å². The van der Waals surface area contributed by atoms with Gasteiger partial charge in [0.05, 0.1) is 0 Å². The van der Waals surface area contributed by atoms with Gasteiger partial charge in [0.2, 0.25) is 18.2 Å². The lowest BCUT2D eigenvalue weighted by Crippen LogP contribution is -2.71. The number of ether oxygens (including phenoxy) is 1. The Bertz CT molecular complexity index is 1570. The van der Waals surface area contributed by atoms with Gasteiger partial charge in [-0.15, -0.1) is 34.6 Å². The Kier molecular flexibility index (Phi) is 10.2. The van der Waals surface area contributed by atoms with Gasteiger partial charge in [-0.3, -0.25) is 19.3 Å². The average Bonchev–Trinajstić information content (AvgIpc) is 3.61. The van der Waals surface area contributed by atoms with Crippen molar-refractivity contribution in [2.24, 2.45) is 5.16 Å². The smallest absolute Gasteiger partial charge is 0.352 e. The highest BCUT2D eigenvalue weighted by Gasteiger charge is 2.54. The molecule has 0 radical (unpaired) electrons. The third kappa shape index (κ3) is 7.53. The number of amides is 3. The molecule has 0 aromatic carbocycles. The third-order valence-electron chi connectivity index (χ3n) is 5.55. The second-order valence-electron chi connectivity index (χ2n) is 9.83. The molecule has 0 aliphatic carbocycles. The van der Waals surface area contributed by atoms with Crippen LogP contribution in [0.1, 0.15) is 26.5 Å². The number of fused-ring (bicyclic) bond motifs is 1. The number of anilines is 1. The summed E-state index contributed by atoms with van der Waals surface area (Å²) in [6.07, 6.45) is 5.73. The number of carbonyl (C=O) groups is 5. The summed E-state index contributed by atoms with van der Waals surface area (Å²) in [4.78, 5) is 71.9. The predicted octanol–water partition coefficient (Wildman–Crippen LogP) is -0.0756. The number of nitrogens with one attached hydrogen (secondary N) is 2. The Morgan fingerprint density at radius 2 is 2.14 bits per heavy atom. The maximum atomic E-state index is 13.3. The maximum Gasteiger partial charge on any atom is 0.352 e. The molecule has 0 bridgehead atoms. The Balaban J connectivity index is 1.49. The predicted molar refractivity (Wildman–Crippen MR) is 157 cm³/mol. The molecule has 3 N–H and O–H groups in total. The lowest BCUT2D eigenvalue weighted by molar-refractivity contribution is -0.160. The Morgan fingerprint density at radius 3 is 2.82 bits per heavy atom. The van der Waals surface area contributed by atoms with E-state index in [9.17, 15) is 29.1 Å². The summed E-state index contributed by atoms with van der Waals surface area (Å²) in [5, 5.41) is 31.1. The monoisotopic (exact) mass is 663 g/mol. The fourth-order valence-electron chi connectivity index (χ4n) is 3.87. The molecule has 0 saturated carbocycles. The topological polar surface area (TPSA) is 220 Å². The SMILES string of the molecule is C#CCn1nnnc1SCC1=C(C(=O)O)N2C(=O)C(NC(=O)C(=NOCC(=O)OC(C)(C)C)c3csc(NC=O)n3)[C@H]2SC1. The van der Waals surface area contributed by atoms with Crippen molar-refractivity contribution < 1.29 is 38.7 Å². The van der Waals surface area contributed by atoms with Crippen molar-refractivity contribution in [3.05, 3.63) is 22.3 Å². The van der Waals surface area contributed by atoms with Crippen LogP contribution in [0.15, 0.2) is 27.0 Å². The van der Waals surface area contributed by atoms with Crippen LogP contribution in [0, 0.1) is 12.3 Å². The van der Waals surface area contributed by atoms with Crippen LogP contribution >= 0.6 is 34.9 Å². The molecule has 1 fully saturated rings. The average molecular weight is 664 g/mol. The van der Waals surface area contributed by atoms with Gasteiger partial charge in [-0.05, 0) is 36.8 Å². The van der Waals surface area contributed by atoms with Crippen LogP contribution in [0.4, 0.5) is 5.13 Å². The standard InChI is InChI=1S/C24H25N9O8S3/c1-5-6-32-23(28-30-31-32)44-9-12-8-42-20-16(19(37)33(20)17(12)21(38)39)27-18(36)15(13-10-43-22(26-13)25-11-34)29-40-7-14(35)41-24(2,3)4/h1,10-11,16,20H,6-9H2,2-4H3,(H,27,36)(H,38,39)(H,25,26,34)/t16?,20-/m1/s1. The number of aliphatic carboxylic acids is 1. The first-order valence-electron chi connectivity index (χ1n) is 12.5. The number of terminal acetylenes is 1. The van der Waals surface area contributed by atoms with Crippen LogP contribution in [-0.4, -0.2) is 106 Å². The number of thioether (sulfide) groups is 2. The number of β-lactam (4-membered cyclic amide) rings is 1. The van der Waals surface area contributed by atoms with Crippen molar-refractivity contribution in [3.8, 4) is 12.3 Å². The van der Waals surface area contributed by atoms with Crippen LogP contribution < -0.4 is 10.6 Å². The van der Waals surface area contributed by atoms with Crippen LogP contribution in [0.5, 0.6) is 0 Å². The number of hydrogen-bond acceptors (Lipinski definition) is 15. The second-order valence-corrected chi connectivity index (χ2v) is 12.7. The fourth-order valence-corrected chi connectivity index (χ4v) is 6.88. The molecule has 1 unspecified atom stereocenters. The molecule has 2 aliphatic rings. The first-order chi connectivity index (χ1) is 20.9. The van der Waals surface area contributed by atoms with Gasteiger partial charge in [0.1, 0.15) is 35.0 Å². The normalized spacial score (nSPS) is 18.1. The van der Waals surface area contributed by atoms with Gasteiger partial charge in [-0.2, -0.15) is 0 Å². The van der Waals surface area contributed by atoms with E-state index in [1.165, 1.54) is 33.6 Å². The van der Waals surface area contributed by atoms with Crippen molar-refractivity contribution in [2.45, 2.75) is 49.5 Å². The van der Waals surface area contributed by atoms with E-state index in [4.69, 9.17) is 16.0 Å². The van der Waals surface area contributed by atoms with Crippen LogP contribution in [-0.2, 0) is 40.1 Å². The summed E-state index contributed by atoms with van der Waals surface area (Å²) in [5.41, 5.74) is -0.882. The third-order valence-corrected chi connectivity index (χ3v) is 8.71. The minimum Gasteiger partial charge on any atom is -0.477 e. The second kappa shape index (κ2) is 13.9. The highest BCUT2D eigenvalue weighted by molar-refractivity contribution is 8.01. The zero-order chi connectivity index (χ0) is 32.0. The molecule has 3 amide bonds. The summed E-state index contributed by atoms with van der Waals surface area (Å²) < 4.78 is 6.55.